The SMILES string of the molecule is O=C(CC1CNc2ccccc21)NC1CCCOC1. The standard InChI is InChI=1S/C15H20N2O2/c18-15(17-12-4-3-7-19-10-12)8-11-9-16-14-6-2-1-5-13(11)14/h1-2,5-6,11-12,16H,3-4,7-10H2,(H,17,18). The Morgan fingerprint density at radius 1 is 1.42 bits per heavy atom. The Labute approximate surface area is 113 Å². The maximum Gasteiger partial charge on any atom is 0.220 e. The van der Waals surface area contributed by atoms with E-state index in [2.05, 4.69) is 22.8 Å². The Morgan fingerprint density at radius 2 is 2.32 bits per heavy atom. The number of benzene rings is 1. The molecule has 19 heavy (non-hydrogen) atoms. The van der Waals surface area contributed by atoms with Gasteiger partial charge < -0.3 is 15.4 Å². The molecule has 0 spiro atoms. The van der Waals surface area contributed by atoms with E-state index < -0.39 is 0 Å². The second-order valence-electron chi connectivity index (χ2n) is 5.35. The zero-order valence-corrected chi connectivity index (χ0v) is 11.0. The molecule has 3 rings (SSSR count). The van der Waals surface area contributed by atoms with E-state index in [0.29, 0.717) is 18.9 Å². The highest BCUT2D eigenvalue weighted by Crippen LogP contribution is 2.33. The van der Waals surface area contributed by atoms with Crippen LogP contribution in [0.3, 0.4) is 0 Å². The number of hydrogen-bond acceptors (Lipinski definition) is 3. The fourth-order valence-electron chi connectivity index (χ4n) is 2.90. The van der Waals surface area contributed by atoms with E-state index in [0.717, 1.165) is 26.0 Å². The highest BCUT2D eigenvalue weighted by atomic mass is 16.5. The van der Waals surface area contributed by atoms with Crippen molar-refractivity contribution in [1.29, 1.82) is 0 Å². The van der Waals surface area contributed by atoms with Crippen LogP contribution in [-0.2, 0) is 9.53 Å². The van der Waals surface area contributed by atoms with Crippen LogP contribution in [-0.4, -0.2) is 31.7 Å². The lowest BCUT2D eigenvalue weighted by Gasteiger charge is -2.23. The van der Waals surface area contributed by atoms with Crippen LogP contribution in [0, 0.1) is 0 Å². The van der Waals surface area contributed by atoms with Crippen molar-refractivity contribution >= 4 is 11.6 Å². The van der Waals surface area contributed by atoms with Crippen LogP contribution in [0.15, 0.2) is 24.3 Å². The molecule has 0 radical (unpaired) electrons. The number of carbonyl (C=O) groups is 1. The van der Waals surface area contributed by atoms with E-state index in [9.17, 15) is 4.79 Å². The monoisotopic (exact) mass is 260 g/mol. The molecule has 1 amide bonds. The van der Waals surface area contributed by atoms with Crippen molar-refractivity contribution in [3.63, 3.8) is 0 Å². The molecule has 0 aliphatic carbocycles. The number of ether oxygens (including phenoxy) is 1. The highest BCUT2D eigenvalue weighted by molar-refractivity contribution is 5.78. The molecule has 0 bridgehead atoms. The van der Waals surface area contributed by atoms with Crippen molar-refractivity contribution in [3.8, 4) is 0 Å². The Hall–Kier alpha value is -1.55. The number of hydrogen-bond donors (Lipinski definition) is 2. The van der Waals surface area contributed by atoms with Crippen molar-refractivity contribution < 1.29 is 9.53 Å². The van der Waals surface area contributed by atoms with E-state index in [1.807, 2.05) is 12.1 Å². The summed E-state index contributed by atoms with van der Waals surface area (Å²) in [7, 11) is 0. The Bertz CT molecular complexity index is 455. The fraction of sp³-hybridized carbons (Fsp3) is 0.533. The summed E-state index contributed by atoms with van der Waals surface area (Å²) in [5, 5.41) is 6.44. The van der Waals surface area contributed by atoms with Gasteiger partial charge in [-0.25, -0.2) is 0 Å². The summed E-state index contributed by atoms with van der Waals surface area (Å²) in [5.41, 5.74) is 2.43. The molecule has 1 aromatic carbocycles. The first-order valence-corrected chi connectivity index (χ1v) is 7.03. The van der Waals surface area contributed by atoms with Gasteiger partial charge in [0.05, 0.1) is 12.6 Å². The summed E-state index contributed by atoms with van der Waals surface area (Å²) in [5.74, 6) is 0.430. The molecule has 0 aromatic heterocycles. The van der Waals surface area contributed by atoms with Crippen LogP contribution in [0.5, 0.6) is 0 Å². The molecular weight excluding hydrogens is 240 g/mol. The summed E-state index contributed by atoms with van der Waals surface area (Å²) in [6.07, 6.45) is 2.63. The minimum Gasteiger partial charge on any atom is -0.384 e. The van der Waals surface area contributed by atoms with Gasteiger partial charge in [0.25, 0.3) is 0 Å². The lowest BCUT2D eigenvalue weighted by Crippen LogP contribution is -2.41. The van der Waals surface area contributed by atoms with Crippen molar-refractivity contribution in [2.45, 2.75) is 31.2 Å². The van der Waals surface area contributed by atoms with Gasteiger partial charge in [-0.15, -0.1) is 0 Å². The van der Waals surface area contributed by atoms with Gasteiger partial charge in [-0.05, 0) is 24.5 Å². The lowest BCUT2D eigenvalue weighted by molar-refractivity contribution is -0.123. The van der Waals surface area contributed by atoms with Gasteiger partial charge in [-0.3, -0.25) is 4.79 Å². The average molecular weight is 260 g/mol. The maximum atomic E-state index is 12.1. The van der Waals surface area contributed by atoms with Crippen LogP contribution in [0.1, 0.15) is 30.7 Å². The van der Waals surface area contributed by atoms with Gasteiger partial charge in [0, 0.05) is 31.2 Å². The first-order valence-electron chi connectivity index (χ1n) is 7.03. The Morgan fingerprint density at radius 3 is 3.16 bits per heavy atom. The molecule has 2 unspecified atom stereocenters. The Balaban J connectivity index is 1.55. The zero-order chi connectivity index (χ0) is 13.1. The van der Waals surface area contributed by atoms with E-state index in [-0.39, 0.29) is 11.9 Å². The molecule has 2 heterocycles. The largest absolute Gasteiger partial charge is 0.384 e. The molecular formula is C15H20N2O2. The second kappa shape index (κ2) is 5.61. The molecule has 2 aliphatic rings. The normalized spacial score (nSPS) is 25.5. The van der Waals surface area contributed by atoms with Crippen molar-refractivity contribution in [2.75, 3.05) is 25.1 Å². The predicted octanol–water partition coefficient (Wildman–Crippen LogP) is 1.88. The molecule has 2 atom stereocenters. The summed E-state index contributed by atoms with van der Waals surface area (Å²) in [4.78, 5) is 12.1. The third-order valence-electron chi connectivity index (χ3n) is 3.90. The van der Waals surface area contributed by atoms with E-state index in [1.54, 1.807) is 0 Å². The topological polar surface area (TPSA) is 50.4 Å². The van der Waals surface area contributed by atoms with E-state index in [1.165, 1.54) is 11.3 Å². The molecule has 1 saturated heterocycles. The number of para-hydroxylation sites is 1. The first kappa shape index (κ1) is 12.5. The van der Waals surface area contributed by atoms with Gasteiger partial charge in [0.1, 0.15) is 0 Å². The van der Waals surface area contributed by atoms with Gasteiger partial charge >= 0.3 is 0 Å². The summed E-state index contributed by atoms with van der Waals surface area (Å²) >= 11 is 0. The van der Waals surface area contributed by atoms with Gasteiger partial charge in [0.2, 0.25) is 5.91 Å². The number of nitrogens with one attached hydrogen (secondary N) is 2. The molecule has 4 nitrogen and oxygen atoms in total. The van der Waals surface area contributed by atoms with E-state index >= 15 is 0 Å². The summed E-state index contributed by atoms with van der Waals surface area (Å²) < 4.78 is 5.38. The summed E-state index contributed by atoms with van der Waals surface area (Å²) in [6.45, 7) is 2.34. The minimum atomic E-state index is 0.138. The minimum absolute atomic E-state index is 0.138. The van der Waals surface area contributed by atoms with Crippen molar-refractivity contribution in [1.82, 2.24) is 5.32 Å². The van der Waals surface area contributed by atoms with Gasteiger partial charge in [-0.1, -0.05) is 18.2 Å². The van der Waals surface area contributed by atoms with Crippen molar-refractivity contribution in [2.24, 2.45) is 0 Å². The van der Waals surface area contributed by atoms with Crippen LogP contribution < -0.4 is 10.6 Å². The molecule has 4 heteroatoms. The van der Waals surface area contributed by atoms with Crippen LogP contribution in [0.25, 0.3) is 0 Å². The van der Waals surface area contributed by atoms with Crippen LogP contribution in [0.2, 0.25) is 0 Å². The number of fused-ring (bicyclic) bond motifs is 1. The zero-order valence-electron chi connectivity index (χ0n) is 11.0. The highest BCUT2D eigenvalue weighted by Gasteiger charge is 2.25. The maximum absolute atomic E-state index is 12.1. The van der Waals surface area contributed by atoms with Crippen LogP contribution in [0.4, 0.5) is 5.69 Å². The van der Waals surface area contributed by atoms with Crippen molar-refractivity contribution in [3.05, 3.63) is 29.8 Å². The molecule has 102 valence electrons. The molecule has 2 N–H and O–H groups in total. The second-order valence-corrected chi connectivity index (χ2v) is 5.35. The predicted molar refractivity (Wildman–Crippen MR) is 74.3 cm³/mol. The third-order valence-corrected chi connectivity index (χ3v) is 3.90. The average Bonchev–Trinajstić information content (AvgIpc) is 2.83. The van der Waals surface area contributed by atoms with E-state index in [4.69, 9.17) is 4.74 Å². The first-order chi connectivity index (χ1) is 9.33. The molecule has 1 fully saturated rings. The third kappa shape index (κ3) is 2.89. The smallest absolute Gasteiger partial charge is 0.220 e. The van der Waals surface area contributed by atoms with Gasteiger partial charge in [0.15, 0.2) is 0 Å². The summed E-state index contributed by atoms with van der Waals surface area (Å²) in [6, 6.07) is 8.43. The fourth-order valence-corrected chi connectivity index (χ4v) is 2.90. The molecule has 1 aromatic rings. The Kier molecular flexibility index (Phi) is 3.69. The molecule has 0 saturated carbocycles. The lowest BCUT2D eigenvalue weighted by atomic mass is 9.97. The number of carbonyl (C=O) groups excluding carboxylic acids is 1. The molecule has 2 aliphatic heterocycles. The van der Waals surface area contributed by atoms with Gasteiger partial charge in [-0.2, -0.15) is 0 Å². The number of anilines is 1. The number of rotatable bonds is 3. The van der Waals surface area contributed by atoms with Crippen LogP contribution >= 0.6 is 0 Å². The quantitative estimate of drug-likeness (QED) is 0.872. The number of amides is 1.